The number of nitrogens with zero attached hydrogens (tertiary/aromatic N) is 1. The van der Waals surface area contributed by atoms with E-state index in [-0.39, 0.29) is 68.9 Å². The molecule has 1 aliphatic rings. The molecule has 0 amide bonds. The summed E-state index contributed by atoms with van der Waals surface area (Å²) in [5, 5.41) is 0. The summed E-state index contributed by atoms with van der Waals surface area (Å²) in [5.41, 5.74) is 0. The monoisotopic (exact) mass is 289 g/mol. The molecule has 0 aromatic rings. The number of rotatable bonds is 3. The number of hydrogen-bond acceptors (Lipinski definition) is 4. The molecule has 0 aromatic heterocycles. The molecule has 0 aliphatic carbocycles. The van der Waals surface area contributed by atoms with Crippen molar-refractivity contribution in [2.75, 3.05) is 18.1 Å². The SMILES string of the molecule is C=CCN(C(=S)[S-])C1CCS(=O)(=O)C1.[K+]. The smallest absolute Gasteiger partial charge is 0.411 e. The molecule has 1 unspecified atom stereocenters. The van der Waals surface area contributed by atoms with Crippen LogP contribution in [0, 0.1) is 0 Å². The first kappa shape index (κ1) is 16.4. The van der Waals surface area contributed by atoms with Crippen LogP contribution in [0.15, 0.2) is 12.7 Å². The molecule has 80 valence electrons. The van der Waals surface area contributed by atoms with E-state index in [1.54, 1.807) is 11.0 Å². The molecule has 0 saturated carbocycles. The van der Waals surface area contributed by atoms with Gasteiger partial charge in [0.2, 0.25) is 0 Å². The van der Waals surface area contributed by atoms with E-state index in [4.69, 9.17) is 24.8 Å². The van der Waals surface area contributed by atoms with E-state index >= 15 is 0 Å². The average molecular weight is 289 g/mol. The van der Waals surface area contributed by atoms with Gasteiger partial charge in [0.05, 0.1) is 11.5 Å². The van der Waals surface area contributed by atoms with Crippen LogP contribution >= 0.6 is 12.2 Å². The molecule has 1 aliphatic heterocycles. The molecule has 0 N–H and O–H groups in total. The third-order valence-electron chi connectivity index (χ3n) is 2.21. The Kier molecular flexibility index (Phi) is 7.67. The van der Waals surface area contributed by atoms with Gasteiger partial charge in [0.1, 0.15) is 0 Å². The average Bonchev–Trinajstić information content (AvgIpc) is 2.41. The van der Waals surface area contributed by atoms with Crippen LogP contribution in [0.3, 0.4) is 0 Å². The van der Waals surface area contributed by atoms with Gasteiger partial charge in [0.15, 0.2) is 9.84 Å². The molecule has 1 rings (SSSR count). The summed E-state index contributed by atoms with van der Waals surface area (Å²) < 4.78 is 22.8. The molecule has 0 aromatic carbocycles. The summed E-state index contributed by atoms with van der Waals surface area (Å²) in [4.78, 5) is 1.75. The van der Waals surface area contributed by atoms with Crippen LogP contribution < -0.4 is 51.4 Å². The van der Waals surface area contributed by atoms with Gasteiger partial charge in [-0.1, -0.05) is 10.4 Å². The minimum atomic E-state index is -2.87. The summed E-state index contributed by atoms with van der Waals surface area (Å²) in [7, 11) is -2.87. The van der Waals surface area contributed by atoms with Gasteiger partial charge < -0.3 is 29.7 Å². The van der Waals surface area contributed by atoms with Gasteiger partial charge in [0, 0.05) is 12.6 Å². The second-order valence-corrected chi connectivity index (χ2v) is 6.52. The van der Waals surface area contributed by atoms with Crippen molar-refractivity contribution >= 4 is 39.0 Å². The first-order valence-corrected chi connectivity index (χ1v) is 6.89. The molecule has 0 radical (unpaired) electrons. The van der Waals surface area contributed by atoms with Crippen LogP contribution in [0.1, 0.15) is 6.42 Å². The van der Waals surface area contributed by atoms with E-state index in [2.05, 4.69) is 6.58 Å². The van der Waals surface area contributed by atoms with Gasteiger partial charge in [-0.05, 0) is 6.42 Å². The Hall–Kier alpha value is 1.44. The Morgan fingerprint density at radius 3 is 2.60 bits per heavy atom. The Morgan fingerprint density at radius 1 is 1.67 bits per heavy atom. The minimum Gasteiger partial charge on any atom is -0.411 e. The van der Waals surface area contributed by atoms with Crippen LogP contribution in [0.5, 0.6) is 0 Å². The first-order valence-electron chi connectivity index (χ1n) is 4.25. The molecule has 0 bridgehead atoms. The summed E-state index contributed by atoms with van der Waals surface area (Å²) in [6.07, 6.45) is 2.30. The Balaban J connectivity index is 0.00000196. The van der Waals surface area contributed by atoms with Crippen molar-refractivity contribution in [1.29, 1.82) is 0 Å². The van der Waals surface area contributed by atoms with Gasteiger partial charge in [-0.3, -0.25) is 0 Å². The van der Waals surface area contributed by atoms with E-state index in [9.17, 15) is 8.42 Å². The molecule has 0 spiro atoms. The third-order valence-corrected chi connectivity index (χ3v) is 4.43. The van der Waals surface area contributed by atoms with Crippen LogP contribution in [-0.2, 0) is 22.5 Å². The summed E-state index contributed by atoms with van der Waals surface area (Å²) in [5.74, 6) is 0.404. The molecule has 3 nitrogen and oxygen atoms in total. The quantitative estimate of drug-likeness (QED) is 0.248. The first-order chi connectivity index (χ1) is 6.46. The molecule has 1 heterocycles. The summed E-state index contributed by atoms with van der Waals surface area (Å²) >= 11 is 9.78. The minimum absolute atomic E-state index is 0. The second-order valence-electron chi connectivity index (χ2n) is 3.26. The Bertz CT molecular complexity index is 342. The maximum Gasteiger partial charge on any atom is 1.00 e. The normalized spacial score (nSPS) is 22.8. The van der Waals surface area contributed by atoms with Gasteiger partial charge in [-0.25, -0.2) is 8.42 Å². The van der Waals surface area contributed by atoms with Gasteiger partial charge in [0.25, 0.3) is 0 Å². The molecule has 1 atom stereocenters. The molecular formula is C8H12KNO2S3. The van der Waals surface area contributed by atoms with Crippen molar-refractivity contribution in [2.45, 2.75) is 12.5 Å². The summed E-state index contributed by atoms with van der Waals surface area (Å²) in [6, 6.07) is -0.0528. The van der Waals surface area contributed by atoms with E-state index in [1.165, 1.54) is 0 Å². The van der Waals surface area contributed by atoms with Crippen molar-refractivity contribution in [3.63, 3.8) is 0 Å². The fourth-order valence-corrected chi connectivity index (χ4v) is 3.71. The third kappa shape index (κ3) is 5.07. The zero-order valence-corrected chi connectivity index (χ0v) is 14.3. The molecular weight excluding hydrogens is 277 g/mol. The maximum absolute atomic E-state index is 11.2. The number of thiocarbonyl (C=S) groups is 1. The van der Waals surface area contributed by atoms with Gasteiger partial charge >= 0.3 is 51.4 Å². The van der Waals surface area contributed by atoms with E-state index in [0.29, 0.717) is 17.3 Å². The van der Waals surface area contributed by atoms with E-state index < -0.39 is 9.84 Å². The maximum atomic E-state index is 11.2. The molecule has 1 saturated heterocycles. The van der Waals surface area contributed by atoms with Crippen molar-refractivity contribution in [3.05, 3.63) is 12.7 Å². The van der Waals surface area contributed by atoms with Crippen molar-refractivity contribution in [3.8, 4) is 0 Å². The van der Waals surface area contributed by atoms with Crippen LogP contribution in [0.2, 0.25) is 0 Å². The molecule has 1 fully saturated rings. The second kappa shape index (κ2) is 7.00. The van der Waals surface area contributed by atoms with Crippen LogP contribution in [0.4, 0.5) is 0 Å². The fraction of sp³-hybridized carbons (Fsp3) is 0.625. The van der Waals surface area contributed by atoms with Gasteiger partial charge in [-0.15, -0.1) is 6.58 Å². The molecule has 7 heteroatoms. The fourth-order valence-electron chi connectivity index (χ4n) is 1.53. The number of sulfone groups is 1. The van der Waals surface area contributed by atoms with Crippen LogP contribution in [-0.4, -0.2) is 41.7 Å². The Morgan fingerprint density at radius 2 is 2.27 bits per heavy atom. The largest absolute Gasteiger partial charge is 1.00 e. The zero-order chi connectivity index (χ0) is 10.8. The topological polar surface area (TPSA) is 37.4 Å². The predicted molar refractivity (Wildman–Crippen MR) is 63.9 cm³/mol. The van der Waals surface area contributed by atoms with Crippen LogP contribution in [0.25, 0.3) is 0 Å². The van der Waals surface area contributed by atoms with E-state index in [0.717, 1.165) is 0 Å². The summed E-state index contributed by atoms with van der Waals surface area (Å²) in [6.45, 7) is 4.12. The van der Waals surface area contributed by atoms with E-state index in [1.807, 2.05) is 0 Å². The molecule has 15 heavy (non-hydrogen) atoms. The predicted octanol–water partition coefficient (Wildman–Crippen LogP) is -2.50. The standard InChI is InChI=1S/C8H13NO2S3.K/c1-2-4-9(8(12)13)7-3-5-14(10,11)6-7;/h2,7H,1,3-6H2,(H,12,13);/q;+1/p-1. The Labute approximate surface area is 144 Å². The van der Waals surface area contributed by atoms with Crippen molar-refractivity contribution in [1.82, 2.24) is 4.90 Å². The van der Waals surface area contributed by atoms with Gasteiger partial charge in [-0.2, -0.15) is 0 Å². The van der Waals surface area contributed by atoms with Crippen molar-refractivity contribution in [2.24, 2.45) is 0 Å². The number of hydrogen-bond donors (Lipinski definition) is 0. The van der Waals surface area contributed by atoms with Crippen molar-refractivity contribution < 1.29 is 59.8 Å². The zero-order valence-electron chi connectivity index (χ0n) is 8.68.